The predicted molar refractivity (Wildman–Crippen MR) is 53.4 cm³/mol. The van der Waals surface area contributed by atoms with Crippen molar-refractivity contribution in [3.05, 3.63) is 0 Å². The first-order valence-corrected chi connectivity index (χ1v) is 4.98. The van der Waals surface area contributed by atoms with Crippen LogP contribution in [0.2, 0.25) is 0 Å². The molecule has 1 aliphatic rings. The fourth-order valence-electron chi connectivity index (χ4n) is 1.41. The molecule has 86 valence electrons. The lowest BCUT2D eigenvalue weighted by molar-refractivity contribution is -0.131. The van der Waals surface area contributed by atoms with Crippen molar-refractivity contribution in [2.24, 2.45) is 17.6 Å². The topological polar surface area (TPSA) is 93.5 Å². The molecule has 0 saturated carbocycles. The van der Waals surface area contributed by atoms with Gasteiger partial charge in [-0.2, -0.15) is 0 Å². The van der Waals surface area contributed by atoms with Crippen molar-refractivity contribution in [3.8, 4) is 0 Å². The first-order chi connectivity index (χ1) is 7.06. The van der Waals surface area contributed by atoms with Crippen LogP contribution in [0.4, 0.5) is 0 Å². The van der Waals surface area contributed by atoms with Crippen LogP contribution in [-0.2, 0) is 14.4 Å². The molecule has 0 aromatic heterocycles. The molecule has 0 aromatic carbocycles. The van der Waals surface area contributed by atoms with Crippen LogP contribution < -0.4 is 16.5 Å². The quantitative estimate of drug-likeness (QED) is 0.547. The summed E-state index contributed by atoms with van der Waals surface area (Å²) in [6.45, 7) is 4.28. The highest BCUT2D eigenvalue weighted by molar-refractivity contribution is 5.89. The molecule has 0 aliphatic carbocycles. The monoisotopic (exact) mass is 215 g/mol. The molecule has 1 fully saturated rings. The van der Waals surface area contributed by atoms with E-state index in [1.165, 1.54) is 0 Å². The Kier molecular flexibility index (Phi) is 4.05. The summed E-state index contributed by atoms with van der Waals surface area (Å²) in [7, 11) is 0. The Morgan fingerprint density at radius 2 is 2.40 bits per heavy atom. The molecule has 0 radical (unpaired) electrons. The molecule has 0 bridgehead atoms. The van der Waals surface area contributed by atoms with Crippen molar-refractivity contribution in [1.82, 2.24) is 10.8 Å². The molecule has 1 saturated heterocycles. The van der Waals surface area contributed by atoms with Crippen molar-refractivity contribution in [3.63, 3.8) is 0 Å². The van der Waals surface area contributed by atoms with Gasteiger partial charge in [0.05, 0.1) is 5.92 Å². The normalized spacial score (nSPS) is 22.7. The van der Waals surface area contributed by atoms with Crippen molar-refractivity contribution in [2.45, 2.75) is 19.9 Å². The molecule has 1 heterocycles. The number of hydrogen-bond acceptors (Lipinski definition) is 4. The summed E-state index contributed by atoms with van der Waals surface area (Å²) in [5.74, 6) is -0.625. The van der Waals surface area contributed by atoms with E-state index in [0.29, 0.717) is 0 Å². The van der Waals surface area contributed by atoms with Crippen molar-refractivity contribution < 1.29 is 14.4 Å². The van der Waals surface area contributed by atoms with Gasteiger partial charge >= 0.3 is 0 Å². The number of rotatable bonds is 4. The maximum absolute atomic E-state index is 11.7. The molecule has 6 nitrogen and oxygen atoms in total. The number of carbonyl (C=O) groups excluding carboxylic acids is 2. The lowest BCUT2D eigenvalue weighted by atomic mass is 9.95. The molecular formula is C9H17N3O3. The van der Waals surface area contributed by atoms with Crippen molar-refractivity contribution in [2.75, 3.05) is 13.2 Å². The maximum Gasteiger partial charge on any atom is 0.268 e. The van der Waals surface area contributed by atoms with Gasteiger partial charge in [-0.25, -0.2) is 5.48 Å². The first kappa shape index (κ1) is 11.9. The van der Waals surface area contributed by atoms with Crippen LogP contribution in [0.25, 0.3) is 0 Å². The van der Waals surface area contributed by atoms with Crippen LogP contribution in [-0.4, -0.2) is 31.0 Å². The molecule has 4 N–H and O–H groups in total. The van der Waals surface area contributed by atoms with Crippen LogP contribution >= 0.6 is 0 Å². The highest BCUT2D eigenvalue weighted by Gasteiger charge is 2.30. The minimum absolute atomic E-state index is 0.153. The van der Waals surface area contributed by atoms with E-state index in [-0.39, 0.29) is 36.8 Å². The fourth-order valence-corrected chi connectivity index (χ4v) is 1.41. The van der Waals surface area contributed by atoms with Gasteiger partial charge in [-0.1, -0.05) is 13.8 Å². The SMILES string of the molecule is CC(C)C(CN)C(=O)N[C@@H]1CONC1=O. The molecular weight excluding hydrogens is 198 g/mol. The van der Waals surface area contributed by atoms with E-state index in [1.807, 2.05) is 13.8 Å². The van der Waals surface area contributed by atoms with Crippen LogP contribution in [0.5, 0.6) is 0 Å². The van der Waals surface area contributed by atoms with Gasteiger partial charge in [0.2, 0.25) is 5.91 Å². The van der Waals surface area contributed by atoms with E-state index in [0.717, 1.165) is 0 Å². The lowest BCUT2D eigenvalue weighted by Crippen LogP contribution is -2.47. The van der Waals surface area contributed by atoms with Crippen molar-refractivity contribution in [1.29, 1.82) is 0 Å². The molecule has 1 rings (SSSR count). The van der Waals surface area contributed by atoms with Crippen molar-refractivity contribution >= 4 is 11.8 Å². The summed E-state index contributed by atoms with van der Waals surface area (Å²) < 4.78 is 0. The Morgan fingerprint density at radius 1 is 1.73 bits per heavy atom. The Labute approximate surface area is 88.5 Å². The summed E-state index contributed by atoms with van der Waals surface area (Å²) in [5, 5.41) is 2.60. The number of nitrogens with two attached hydrogens (primary N) is 1. The zero-order valence-corrected chi connectivity index (χ0v) is 8.95. The van der Waals surface area contributed by atoms with E-state index in [9.17, 15) is 9.59 Å². The molecule has 2 atom stereocenters. The number of amides is 2. The Balaban J connectivity index is 2.50. The molecule has 1 aliphatic heterocycles. The number of hydroxylamine groups is 1. The average Bonchev–Trinajstić information content (AvgIpc) is 2.52. The van der Waals surface area contributed by atoms with Crippen LogP contribution in [0.3, 0.4) is 0 Å². The second-order valence-corrected chi connectivity index (χ2v) is 3.92. The number of hydrogen-bond donors (Lipinski definition) is 3. The van der Waals surface area contributed by atoms with Gasteiger partial charge in [0.25, 0.3) is 5.91 Å². The molecule has 0 spiro atoms. The first-order valence-electron chi connectivity index (χ1n) is 4.98. The summed E-state index contributed by atoms with van der Waals surface area (Å²) in [6.07, 6.45) is 0. The Hall–Kier alpha value is -1.14. The van der Waals surface area contributed by atoms with E-state index in [2.05, 4.69) is 10.8 Å². The lowest BCUT2D eigenvalue weighted by Gasteiger charge is -2.19. The second kappa shape index (κ2) is 5.09. The van der Waals surface area contributed by atoms with E-state index < -0.39 is 6.04 Å². The predicted octanol–water partition coefficient (Wildman–Crippen LogP) is -1.24. The van der Waals surface area contributed by atoms with Gasteiger partial charge in [0, 0.05) is 6.54 Å². The maximum atomic E-state index is 11.7. The van der Waals surface area contributed by atoms with Gasteiger partial charge in [-0.15, -0.1) is 0 Å². The standard InChI is InChI=1S/C9H17N3O3/c1-5(2)6(3-10)8(13)11-7-4-15-12-9(7)14/h5-7H,3-4,10H2,1-2H3,(H,11,13)(H,12,14)/t6?,7-/m1/s1. The molecule has 0 aromatic rings. The van der Waals surface area contributed by atoms with Gasteiger partial charge < -0.3 is 11.1 Å². The zero-order chi connectivity index (χ0) is 11.4. The smallest absolute Gasteiger partial charge is 0.268 e. The Morgan fingerprint density at radius 3 is 2.80 bits per heavy atom. The molecule has 6 heteroatoms. The van der Waals surface area contributed by atoms with Gasteiger partial charge in [0.1, 0.15) is 12.6 Å². The van der Waals surface area contributed by atoms with E-state index in [4.69, 9.17) is 10.6 Å². The highest BCUT2D eigenvalue weighted by Crippen LogP contribution is 2.09. The molecule has 2 amide bonds. The second-order valence-electron chi connectivity index (χ2n) is 3.92. The average molecular weight is 215 g/mol. The number of nitrogens with one attached hydrogen (secondary N) is 2. The molecule has 15 heavy (non-hydrogen) atoms. The van der Waals surface area contributed by atoms with E-state index in [1.54, 1.807) is 0 Å². The zero-order valence-electron chi connectivity index (χ0n) is 8.95. The minimum atomic E-state index is -0.592. The van der Waals surface area contributed by atoms with Gasteiger partial charge in [-0.05, 0) is 5.92 Å². The summed E-state index contributed by atoms with van der Waals surface area (Å²) in [4.78, 5) is 27.5. The van der Waals surface area contributed by atoms with Crippen LogP contribution in [0.1, 0.15) is 13.8 Å². The third-order valence-corrected chi connectivity index (χ3v) is 2.45. The minimum Gasteiger partial charge on any atom is -0.342 e. The fraction of sp³-hybridized carbons (Fsp3) is 0.778. The van der Waals surface area contributed by atoms with Gasteiger partial charge in [0.15, 0.2) is 0 Å². The summed E-state index contributed by atoms with van der Waals surface area (Å²) >= 11 is 0. The van der Waals surface area contributed by atoms with E-state index >= 15 is 0 Å². The van der Waals surface area contributed by atoms with Crippen LogP contribution in [0.15, 0.2) is 0 Å². The largest absolute Gasteiger partial charge is 0.342 e. The Bertz CT molecular complexity index is 255. The number of carbonyl (C=O) groups is 2. The van der Waals surface area contributed by atoms with Crippen LogP contribution in [0, 0.1) is 11.8 Å². The highest BCUT2D eigenvalue weighted by atomic mass is 16.7. The molecule has 1 unspecified atom stereocenters. The third-order valence-electron chi connectivity index (χ3n) is 2.45. The third kappa shape index (κ3) is 2.90. The summed E-state index contributed by atoms with van der Waals surface area (Å²) in [6, 6.07) is -0.592. The van der Waals surface area contributed by atoms with Gasteiger partial charge in [-0.3, -0.25) is 14.4 Å². The summed E-state index contributed by atoms with van der Waals surface area (Å²) in [5.41, 5.74) is 7.67.